The quantitative estimate of drug-likeness (QED) is 0.508. The maximum Gasteiger partial charge on any atom is 0.256 e. The van der Waals surface area contributed by atoms with Crippen molar-refractivity contribution < 1.29 is 13.9 Å². The Labute approximate surface area is 198 Å². The van der Waals surface area contributed by atoms with E-state index in [0.29, 0.717) is 17.6 Å². The van der Waals surface area contributed by atoms with Crippen LogP contribution in [-0.4, -0.2) is 68.1 Å². The number of piperidine rings is 1. The van der Waals surface area contributed by atoms with Crippen molar-refractivity contribution in [3.63, 3.8) is 0 Å². The molecule has 0 radical (unpaired) electrons. The molecule has 5 nitrogen and oxygen atoms in total. The Morgan fingerprint density at radius 1 is 0.938 bits per heavy atom. The van der Waals surface area contributed by atoms with Crippen LogP contribution in [0.1, 0.15) is 36.0 Å². The lowest BCUT2D eigenvalue weighted by molar-refractivity contribution is 0.0742. The van der Waals surface area contributed by atoms with Crippen molar-refractivity contribution in [2.75, 3.05) is 57.3 Å². The van der Waals surface area contributed by atoms with Gasteiger partial charge in [0, 0.05) is 42.9 Å². The first-order valence-corrected chi connectivity index (χ1v) is 12.3. The van der Waals surface area contributed by atoms with E-state index in [4.69, 9.17) is 4.74 Å². The lowest BCUT2D eigenvalue weighted by atomic mass is 10.1. The number of hydrogen-bond donors (Lipinski definition) is 0. The largest absolute Gasteiger partial charge is 0.494 e. The highest BCUT2D eigenvalue weighted by Gasteiger charge is 2.24. The number of likely N-dealkylation sites (tertiary alicyclic amines) is 1. The van der Waals surface area contributed by atoms with Crippen LogP contribution in [0.3, 0.4) is 0 Å². The van der Waals surface area contributed by atoms with E-state index in [9.17, 15) is 9.18 Å². The average molecular weight is 504 g/mol. The average Bonchev–Trinajstić information content (AvgIpc) is 2.83. The molecule has 2 aromatic carbocycles. The van der Waals surface area contributed by atoms with Gasteiger partial charge in [-0.15, -0.1) is 0 Å². The Morgan fingerprint density at radius 3 is 2.34 bits per heavy atom. The van der Waals surface area contributed by atoms with Crippen LogP contribution in [0.4, 0.5) is 10.1 Å². The molecular weight excluding hydrogens is 473 g/mol. The molecule has 0 atom stereocenters. The molecule has 32 heavy (non-hydrogen) atoms. The van der Waals surface area contributed by atoms with Gasteiger partial charge >= 0.3 is 0 Å². The maximum atomic E-state index is 14.1. The first-order chi connectivity index (χ1) is 15.6. The Kier molecular flexibility index (Phi) is 8.03. The van der Waals surface area contributed by atoms with Gasteiger partial charge in [-0.3, -0.25) is 4.79 Å². The van der Waals surface area contributed by atoms with Crippen molar-refractivity contribution in [3.05, 3.63) is 58.3 Å². The van der Waals surface area contributed by atoms with Crippen LogP contribution < -0.4 is 9.64 Å². The molecule has 2 heterocycles. The van der Waals surface area contributed by atoms with Crippen LogP contribution >= 0.6 is 15.9 Å². The number of carbonyl (C=O) groups is 1. The van der Waals surface area contributed by atoms with Crippen molar-refractivity contribution in [3.8, 4) is 5.75 Å². The van der Waals surface area contributed by atoms with E-state index in [1.54, 1.807) is 17.0 Å². The normalized spacial score (nSPS) is 17.4. The van der Waals surface area contributed by atoms with Crippen molar-refractivity contribution in [2.45, 2.75) is 25.7 Å². The molecule has 4 rings (SSSR count). The van der Waals surface area contributed by atoms with Gasteiger partial charge in [-0.1, -0.05) is 22.4 Å². The van der Waals surface area contributed by atoms with Crippen LogP contribution in [0.2, 0.25) is 0 Å². The van der Waals surface area contributed by atoms with Gasteiger partial charge < -0.3 is 19.4 Å². The number of piperazine rings is 1. The minimum atomic E-state index is -0.488. The maximum absolute atomic E-state index is 14.1. The third kappa shape index (κ3) is 6.01. The lowest BCUT2D eigenvalue weighted by Crippen LogP contribution is -2.49. The van der Waals surface area contributed by atoms with E-state index in [1.165, 1.54) is 38.4 Å². The Morgan fingerprint density at radius 2 is 1.66 bits per heavy atom. The van der Waals surface area contributed by atoms with Crippen LogP contribution in [0, 0.1) is 5.82 Å². The van der Waals surface area contributed by atoms with Crippen LogP contribution in [0.5, 0.6) is 5.75 Å². The molecule has 172 valence electrons. The SMILES string of the molecule is O=C(c1ccc(Br)cc1F)N1CCN(c2ccc(OCCCN3CCCCC3)cc2)CC1. The minimum Gasteiger partial charge on any atom is -0.494 e. The lowest BCUT2D eigenvalue weighted by Gasteiger charge is -2.36. The number of rotatable bonds is 7. The minimum absolute atomic E-state index is 0.128. The van der Waals surface area contributed by atoms with Gasteiger partial charge in [-0.05, 0) is 74.8 Å². The number of halogens is 2. The second-order valence-electron chi connectivity index (χ2n) is 8.50. The summed E-state index contributed by atoms with van der Waals surface area (Å²) in [4.78, 5) is 19.2. The van der Waals surface area contributed by atoms with Crippen LogP contribution in [0.15, 0.2) is 46.9 Å². The van der Waals surface area contributed by atoms with E-state index in [2.05, 4.69) is 37.9 Å². The summed E-state index contributed by atoms with van der Waals surface area (Å²) in [6, 6.07) is 12.8. The molecule has 2 saturated heterocycles. The van der Waals surface area contributed by atoms with Crippen LogP contribution in [0.25, 0.3) is 0 Å². The van der Waals surface area contributed by atoms with Crippen molar-refractivity contribution in [1.82, 2.24) is 9.80 Å². The molecule has 0 spiro atoms. The van der Waals surface area contributed by atoms with Crippen LogP contribution in [-0.2, 0) is 0 Å². The van der Waals surface area contributed by atoms with Gasteiger partial charge in [0.2, 0.25) is 0 Å². The number of nitrogens with zero attached hydrogens (tertiary/aromatic N) is 3. The number of ether oxygens (including phenoxy) is 1. The molecule has 0 bridgehead atoms. The van der Waals surface area contributed by atoms with E-state index in [0.717, 1.165) is 44.1 Å². The molecule has 0 N–H and O–H groups in total. The zero-order valence-corrected chi connectivity index (χ0v) is 20.0. The van der Waals surface area contributed by atoms with E-state index >= 15 is 0 Å². The highest BCUT2D eigenvalue weighted by atomic mass is 79.9. The van der Waals surface area contributed by atoms with Gasteiger partial charge in [-0.2, -0.15) is 0 Å². The second-order valence-corrected chi connectivity index (χ2v) is 9.42. The molecule has 0 saturated carbocycles. The Hall–Kier alpha value is -2.12. The number of hydrogen-bond acceptors (Lipinski definition) is 4. The smallest absolute Gasteiger partial charge is 0.256 e. The predicted molar refractivity (Wildman–Crippen MR) is 129 cm³/mol. The van der Waals surface area contributed by atoms with Gasteiger partial charge in [0.1, 0.15) is 11.6 Å². The monoisotopic (exact) mass is 503 g/mol. The predicted octanol–water partition coefficient (Wildman–Crippen LogP) is 4.81. The summed E-state index contributed by atoms with van der Waals surface area (Å²) in [5.74, 6) is 0.160. The first kappa shape index (κ1) is 23.1. The number of anilines is 1. The molecule has 1 amide bonds. The molecular formula is C25H31BrFN3O2. The third-order valence-electron chi connectivity index (χ3n) is 6.27. The van der Waals surface area contributed by atoms with Gasteiger partial charge in [0.15, 0.2) is 0 Å². The molecule has 7 heteroatoms. The van der Waals surface area contributed by atoms with Gasteiger partial charge in [0.25, 0.3) is 5.91 Å². The molecule has 2 aliphatic rings. The number of amides is 1. The number of benzene rings is 2. The fourth-order valence-corrected chi connectivity index (χ4v) is 4.75. The van der Waals surface area contributed by atoms with Gasteiger partial charge in [-0.25, -0.2) is 4.39 Å². The topological polar surface area (TPSA) is 36.0 Å². The highest BCUT2D eigenvalue weighted by molar-refractivity contribution is 9.10. The molecule has 2 aliphatic heterocycles. The zero-order valence-electron chi connectivity index (χ0n) is 18.4. The summed E-state index contributed by atoms with van der Waals surface area (Å²) in [7, 11) is 0. The molecule has 0 aliphatic carbocycles. The summed E-state index contributed by atoms with van der Waals surface area (Å²) in [5.41, 5.74) is 1.25. The Bertz CT molecular complexity index is 895. The van der Waals surface area contributed by atoms with E-state index in [-0.39, 0.29) is 11.5 Å². The number of carbonyl (C=O) groups excluding carboxylic acids is 1. The summed E-state index contributed by atoms with van der Waals surface area (Å²) in [5, 5.41) is 0. The molecule has 0 aromatic heterocycles. The summed E-state index contributed by atoms with van der Waals surface area (Å²) < 4.78 is 20.7. The summed E-state index contributed by atoms with van der Waals surface area (Å²) in [6.45, 7) is 6.90. The highest BCUT2D eigenvalue weighted by Crippen LogP contribution is 2.22. The molecule has 2 aromatic rings. The van der Waals surface area contributed by atoms with Crippen molar-refractivity contribution in [2.24, 2.45) is 0 Å². The molecule has 2 fully saturated rings. The van der Waals surface area contributed by atoms with E-state index < -0.39 is 5.82 Å². The molecule has 0 unspecified atom stereocenters. The van der Waals surface area contributed by atoms with E-state index in [1.807, 2.05) is 12.1 Å². The standard InChI is InChI=1S/C25H31BrFN3O2/c26-20-5-10-23(24(27)19-20)25(31)30-16-14-29(15-17-30)21-6-8-22(9-7-21)32-18-4-13-28-11-2-1-3-12-28/h5-10,19H,1-4,11-18H2. The van der Waals surface area contributed by atoms with Crippen molar-refractivity contribution in [1.29, 1.82) is 0 Å². The van der Waals surface area contributed by atoms with Crippen molar-refractivity contribution >= 4 is 27.5 Å². The fraction of sp³-hybridized carbons (Fsp3) is 0.480. The summed E-state index contributed by atoms with van der Waals surface area (Å²) in [6.07, 6.45) is 5.07. The first-order valence-electron chi connectivity index (χ1n) is 11.5. The van der Waals surface area contributed by atoms with Gasteiger partial charge in [0.05, 0.1) is 12.2 Å². The third-order valence-corrected chi connectivity index (χ3v) is 6.76. The second kappa shape index (κ2) is 11.1. The summed E-state index contributed by atoms with van der Waals surface area (Å²) >= 11 is 3.23. The fourth-order valence-electron chi connectivity index (χ4n) is 4.42. The Balaban J connectivity index is 1.22. The zero-order chi connectivity index (χ0) is 22.3.